The van der Waals surface area contributed by atoms with Gasteiger partial charge in [-0.3, -0.25) is 0 Å². The topological polar surface area (TPSA) is 30.5 Å². The van der Waals surface area contributed by atoms with Crippen LogP contribution in [0.25, 0.3) is 0 Å². The Hall–Kier alpha value is -0.120. The molecule has 1 N–H and O–H groups in total. The molecule has 0 aliphatic heterocycles. The van der Waals surface area contributed by atoms with Crippen LogP contribution < -0.4 is 5.32 Å². The fourth-order valence-corrected chi connectivity index (χ4v) is 2.02. The molecular weight excluding hydrogens is 238 g/mol. The van der Waals surface area contributed by atoms with Crippen molar-refractivity contribution in [3.8, 4) is 0 Å². The van der Waals surface area contributed by atoms with E-state index in [9.17, 15) is 0 Å². The fraction of sp³-hybridized carbons (Fsp3) is 1.00. The molecule has 1 atom stereocenters. The molecule has 0 saturated carbocycles. The number of hydrogen-bond donors (Lipinski definition) is 1. The summed E-state index contributed by atoms with van der Waals surface area (Å²) in [5, 5.41) is 3.58. The van der Waals surface area contributed by atoms with Crippen LogP contribution in [0, 0.1) is 17.3 Å². The third-order valence-corrected chi connectivity index (χ3v) is 3.42. The van der Waals surface area contributed by atoms with Crippen LogP contribution in [0.2, 0.25) is 0 Å². The Labute approximate surface area is 120 Å². The predicted molar refractivity (Wildman–Crippen MR) is 82.6 cm³/mol. The Morgan fingerprint density at radius 3 is 2.21 bits per heavy atom. The lowest BCUT2D eigenvalue weighted by Gasteiger charge is -2.31. The van der Waals surface area contributed by atoms with Crippen LogP contribution >= 0.6 is 0 Å². The number of ether oxygens (including phenoxy) is 2. The lowest BCUT2D eigenvalue weighted by atomic mass is 9.79. The van der Waals surface area contributed by atoms with E-state index in [0.717, 1.165) is 45.8 Å². The van der Waals surface area contributed by atoms with Gasteiger partial charge in [-0.15, -0.1) is 0 Å². The first-order chi connectivity index (χ1) is 8.88. The maximum atomic E-state index is 5.68. The monoisotopic (exact) mass is 273 g/mol. The predicted octanol–water partition coefficient (Wildman–Crippen LogP) is 3.34. The standard InChI is InChI=1S/C16H35NO2/c1-14(2)12-17-13-15(16(3,4)5)8-11-19-10-7-9-18-6/h14-15,17H,7-13H2,1-6H3. The molecule has 0 fully saturated rings. The Morgan fingerprint density at radius 1 is 1.00 bits per heavy atom. The highest BCUT2D eigenvalue weighted by Gasteiger charge is 2.23. The molecule has 3 heteroatoms. The molecule has 0 aromatic rings. The minimum atomic E-state index is 0.333. The van der Waals surface area contributed by atoms with Gasteiger partial charge in [-0.05, 0) is 43.2 Å². The van der Waals surface area contributed by atoms with Crippen molar-refractivity contribution in [2.24, 2.45) is 17.3 Å². The summed E-state index contributed by atoms with van der Waals surface area (Å²) in [5.41, 5.74) is 0.333. The summed E-state index contributed by atoms with van der Waals surface area (Å²) in [5.74, 6) is 1.37. The van der Waals surface area contributed by atoms with Crippen molar-refractivity contribution in [1.29, 1.82) is 0 Å². The average molecular weight is 273 g/mol. The molecule has 0 spiro atoms. The average Bonchev–Trinajstić information content (AvgIpc) is 2.29. The van der Waals surface area contributed by atoms with E-state index >= 15 is 0 Å². The Balaban J connectivity index is 3.82. The molecule has 0 amide bonds. The third-order valence-electron chi connectivity index (χ3n) is 3.42. The van der Waals surface area contributed by atoms with Gasteiger partial charge in [-0.1, -0.05) is 34.6 Å². The maximum Gasteiger partial charge on any atom is 0.0487 e. The Morgan fingerprint density at radius 2 is 1.68 bits per heavy atom. The summed E-state index contributed by atoms with van der Waals surface area (Å²) in [6.45, 7) is 16.1. The van der Waals surface area contributed by atoms with Crippen LogP contribution in [0.1, 0.15) is 47.5 Å². The second-order valence-corrected chi connectivity index (χ2v) is 6.86. The highest BCUT2D eigenvalue weighted by molar-refractivity contribution is 4.76. The summed E-state index contributed by atoms with van der Waals surface area (Å²) in [7, 11) is 1.73. The van der Waals surface area contributed by atoms with Crippen molar-refractivity contribution >= 4 is 0 Å². The van der Waals surface area contributed by atoms with Crippen LogP contribution in [0.4, 0.5) is 0 Å². The van der Waals surface area contributed by atoms with Crippen molar-refractivity contribution in [2.75, 3.05) is 40.0 Å². The molecule has 3 nitrogen and oxygen atoms in total. The second-order valence-electron chi connectivity index (χ2n) is 6.86. The molecule has 0 saturated heterocycles. The first-order valence-electron chi connectivity index (χ1n) is 7.65. The van der Waals surface area contributed by atoms with Gasteiger partial charge < -0.3 is 14.8 Å². The van der Waals surface area contributed by atoms with Crippen molar-refractivity contribution in [3.05, 3.63) is 0 Å². The van der Waals surface area contributed by atoms with E-state index in [1.54, 1.807) is 7.11 Å². The Kier molecular flexibility index (Phi) is 10.6. The SMILES string of the molecule is COCCCOCCC(CNCC(C)C)C(C)(C)C. The van der Waals surface area contributed by atoms with E-state index in [1.807, 2.05) is 0 Å². The van der Waals surface area contributed by atoms with Crippen LogP contribution in [0.5, 0.6) is 0 Å². The van der Waals surface area contributed by atoms with Crippen molar-refractivity contribution < 1.29 is 9.47 Å². The molecule has 19 heavy (non-hydrogen) atoms. The summed E-state index contributed by atoms with van der Waals surface area (Å²) >= 11 is 0. The number of methoxy groups -OCH3 is 1. The van der Waals surface area contributed by atoms with Gasteiger partial charge in [-0.25, -0.2) is 0 Å². The van der Waals surface area contributed by atoms with Gasteiger partial charge in [-0.2, -0.15) is 0 Å². The molecule has 0 aliphatic carbocycles. The zero-order valence-corrected chi connectivity index (χ0v) is 13.9. The number of nitrogens with one attached hydrogen (secondary N) is 1. The molecule has 0 bridgehead atoms. The lowest BCUT2D eigenvalue weighted by molar-refractivity contribution is 0.0788. The van der Waals surface area contributed by atoms with Crippen LogP contribution in [0.3, 0.4) is 0 Å². The van der Waals surface area contributed by atoms with Gasteiger partial charge in [0.1, 0.15) is 0 Å². The quantitative estimate of drug-likeness (QED) is 0.586. The summed E-state index contributed by atoms with van der Waals surface area (Å²) in [6.07, 6.45) is 2.11. The van der Waals surface area contributed by atoms with E-state index < -0.39 is 0 Å². The van der Waals surface area contributed by atoms with E-state index in [1.165, 1.54) is 0 Å². The minimum absolute atomic E-state index is 0.333. The van der Waals surface area contributed by atoms with Gasteiger partial charge in [0, 0.05) is 26.9 Å². The Bertz CT molecular complexity index is 199. The van der Waals surface area contributed by atoms with Crippen LogP contribution in [0.15, 0.2) is 0 Å². The normalized spacial score (nSPS) is 14.1. The first-order valence-corrected chi connectivity index (χ1v) is 7.65. The maximum absolute atomic E-state index is 5.68. The lowest BCUT2D eigenvalue weighted by Crippen LogP contribution is -2.34. The van der Waals surface area contributed by atoms with Crippen molar-refractivity contribution in [3.63, 3.8) is 0 Å². The largest absolute Gasteiger partial charge is 0.385 e. The van der Waals surface area contributed by atoms with Gasteiger partial charge in [0.05, 0.1) is 0 Å². The van der Waals surface area contributed by atoms with Gasteiger partial charge in [0.2, 0.25) is 0 Å². The summed E-state index contributed by atoms with van der Waals surface area (Å²) in [4.78, 5) is 0. The third kappa shape index (κ3) is 11.4. The fourth-order valence-electron chi connectivity index (χ4n) is 2.02. The molecule has 116 valence electrons. The van der Waals surface area contributed by atoms with E-state index in [2.05, 4.69) is 39.9 Å². The number of hydrogen-bond acceptors (Lipinski definition) is 3. The first kappa shape index (κ1) is 18.9. The minimum Gasteiger partial charge on any atom is -0.385 e. The molecule has 0 aromatic carbocycles. The molecule has 0 rings (SSSR count). The van der Waals surface area contributed by atoms with Gasteiger partial charge >= 0.3 is 0 Å². The highest BCUT2D eigenvalue weighted by atomic mass is 16.5. The summed E-state index contributed by atoms with van der Waals surface area (Å²) in [6, 6.07) is 0. The van der Waals surface area contributed by atoms with E-state index in [-0.39, 0.29) is 0 Å². The molecular formula is C16H35NO2. The van der Waals surface area contributed by atoms with Crippen LogP contribution in [-0.2, 0) is 9.47 Å². The highest BCUT2D eigenvalue weighted by Crippen LogP contribution is 2.28. The molecule has 0 aromatic heterocycles. The van der Waals surface area contributed by atoms with Crippen LogP contribution in [-0.4, -0.2) is 40.0 Å². The second kappa shape index (κ2) is 10.6. The van der Waals surface area contributed by atoms with Gasteiger partial charge in [0.25, 0.3) is 0 Å². The molecule has 0 heterocycles. The van der Waals surface area contributed by atoms with Crippen molar-refractivity contribution in [1.82, 2.24) is 5.32 Å². The van der Waals surface area contributed by atoms with Gasteiger partial charge in [0.15, 0.2) is 0 Å². The zero-order valence-electron chi connectivity index (χ0n) is 13.9. The molecule has 0 radical (unpaired) electrons. The smallest absolute Gasteiger partial charge is 0.0487 e. The van der Waals surface area contributed by atoms with Crippen molar-refractivity contribution in [2.45, 2.75) is 47.5 Å². The van der Waals surface area contributed by atoms with E-state index in [0.29, 0.717) is 17.3 Å². The summed E-state index contributed by atoms with van der Waals surface area (Å²) < 4.78 is 10.7. The number of rotatable bonds is 11. The zero-order chi connectivity index (χ0) is 14.7. The molecule has 0 aliphatic rings. The van der Waals surface area contributed by atoms with E-state index in [4.69, 9.17) is 9.47 Å². The molecule has 1 unspecified atom stereocenters.